The van der Waals surface area contributed by atoms with Gasteiger partial charge in [-0.15, -0.1) is 0 Å². The monoisotopic (exact) mass is 247 g/mol. The average molecular weight is 247 g/mol. The summed E-state index contributed by atoms with van der Waals surface area (Å²) in [6.45, 7) is 7.55. The predicted molar refractivity (Wildman–Crippen MR) is 76.3 cm³/mol. The van der Waals surface area contributed by atoms with E-state index in [1.807, 2.05) is 6.07 Å². The Labute approximate surface area is 111 Å². The second-order valence-corrected chi connectivity index (χ2v) is 5.66. The minimum Gasteiger partial charge on any atom is -0.491 e. The maximum atomic E-state index is 5.74. The molecule has 0 saturated heterocycles. The van der Waals surface area contributed by atoms with E-state index in [4.69, 9.17) is 4.74 Å². The molecule has 1 fully saturated rings. The van der Waals surface area contributed by atoms with Crippen molar-refractivity contribution in [2.24, 2.45) is 0 Å². The van der Waals surface area contributed by atoms with Gasteiger partial charge in [-0.2, -0.15) is 0 Å². The SMILES string of the molecule is CC(C)Oc1cccc(C(C)CCNC2CC2)c1. The Hall–Kier alpha value is -1.02. The van der Waals surface area contributed by atoms with Crippen molar-refractivity contribution in [1.82, 2.24) is 5.32 Å². The standard InChI is InChI=1S/C16H25NO/c1-12(2)18-16-6-4-5-14(11-16)13(3)9-10-17-15-7-8-15/h4-6,11-13,15,17H,7-10H2,1-3H3. The molecular weight excluding hydrogens is 222 g/mol. The highest BCUT2D eigenvalue weighted by atomic mass is 16.5. The lowest BCUT2D eigenvalue weighted by molar-refractivity contribution is 0.242. The fourth-order valence-electron chi connectivity index (χ4n) is 2.12. The van der Waals surface area contributed by atoms with Crippen LogP contribution in [0.3, 0.4) is 0 Å². The molecule has 100 valence electrons. The topological polar surface area (TPSA) is 21.3 Å². The molecule has 1 aliphatic rings. The van der Waals surface area contributed by atoms with E-state index in [-0.39, 0.29) is 6.10 Å². The van der Waals surface area contributed by atoms with Crippen molar-refractivity contribution < 1.29 is 4.74 Å². The van der Waals surface area contributed by atoms with Crippen LogP contribution in [0.1, 0.15) is 51.5 Å². The molecule has 1 N–H and O–H groups in total. The van der Waals surface area contributed by atoms with Gasteiger partial charge in [0.2, 0.25) is 0 Å². The number of nitrogens with one attached hydrogen (secondary N) is 1. The number of hydrogen-bond donors (Lipinski definition) is 1. The third-order valence-corrected chi connectivity index (χ3v) is 3.39. The van der Waals surface area contributed by atoms with E-state index >= 15 is 0 Å². The molecule has 2 heteroatoms. The first-order valence-corrected chi connectivity index (χ1v) is 7.15. The van der Waals surface area contributed by atoms with Crippen LogP contribution in [0.5, 0.6) is 5.75 Å². The largest absolute Gasteiger partial charge is 0.491 e. The van der Waals surface area contributed by atoms with Crippen LogP contribution >= 0.6 is 0 Å². The van der Waals surface area contributed by atoms with Crippen LogP contribution in [0, 0.1) is 0 Å². The molecule has 0 amide bonds. The Kier molecular flexibility index (Phi) is 4.65. The van der Waals surface area contributed by atoms with Crippen molar-refractivity contribution in [1.29, 1.82) is 0 Å². The molecule has 0 aliphatic heterocycles. The molecule has 2 rings (SSSR count). The maximum absolute atomic E-state index is 5.74. The number of rotatable bonds is 7. The molecular formula is C16H25NO. The lowest BCUT2D eigenvalue weighted by Crippen LogP contribution is -2.19. The highest BCUT2D eigenvalue weighted by Crippen LogP contribution is 2.24. The summed E-state index contributed by atoms with van der Waals surface area (Å²) in [5, 5.41) is 3.57. The third kappa shape index (κ3) is 4.34. The van der Waals surface area contributed by atoms with E-state index in [1.165, 1.54) is 24.8 Å². The quantitative estimate of drug-likeness (QED) is 0.793. The summed E-state index contributed by atoms with van der Waals surface area (Å²) in [7, 11) is 0. The van der Waals surface area contributed by atoms with Crippen LogP contribution < -0.4 is 10.1 Å². The predicted octanol–water partition coefficient (Wildman–Crippen LogP) is 3.72. The molecule has 1 aromatic carbocycles. The first-order valence-electron chi connectivity index (χ1n) is 7.15. The van der Waals surface area contributed by atoms with Crippen molar-refractivity contribution >= 4 is 0 Å². The zero-order valence-electron chi connectivity index (χ0n) is 11.8. The van der Waals surface area contributed by atoms with Crippen LogP contribution in [0.15, 0.2) is 24.3 Å². The van der Waals surface area contributed by atoms with Gasteiger partial charge in [0.25, 0.3) is 0 Å². The van der Waals surface area contributed by atoms with Gasteiger partial charge in [0, 0.05) is 6.04 Å². The van der Waals surface area contributed by atoms with Gasteiger partial charge in [-0.05, 0) is 63.3 Å². The normalized spacial score (nSPS) is 16.9. The van der Waals surface area contributed by atoms with E-state index in [2.05, 4.69) is 44.3 Å². The van der Waals surface area contributed by atoms with Gasteiger partial charge in [-0.3, -0.25) is 0 Å². The van der Waals surface area contributed by atoms with Crippen molar-refractivity contribution in [3.8, 4) is 5.75 Å². The third-order valence-electron chi connectivity index (χ3n) is 3.39. The van der Waals surface area contributed by atoms with Gasteiger partial charge in [0.15, 0.2) is 0 Å². The molecule has 0 heterocycles. The summed E-state index contributed by atoms with van der Waals surface area (Å²) >= 11 is 0. The van der Waals surface area contributed by atoms with Crippen molar-refractivity contribution in [2.45, 2.75) is 58.1 Å². The molecule has 18 heavy (non-hydrogen) atoms. The molecule has 1 aromatic rings. The van der Waals surface area contributed by atoms with Crippen molar-refractivity contribution in [2.75, 3.05) is 6.54 Å². The second-order valence-electron chi connectivity index (χ2n) is 5.66. The summed E-state index contributed by atoms with van der Waals surface area (Å²) in [4.78, 5) is 0. The van der Waals surface area contributed by atoms with Crippen molar-refractivity contribution in [3.05, 3.63) is 29.8 Å². The molecule has 1 saturated carbocycles. The first-order chi connectivity index (χ1) is 8.65. The second kappa shape index (κ2) is 6.24. The Bertz CT molecular complexity index is 371. The van der Waals surface area contributed by atoms with Gasteiger partial charge in [-0.25, -0.2) is 0 Å². The van der Waals surface area contributed by atoms with E-state index in [1.54, 1.807) is 0 Å². The molecule has 1 unspecified atom stereocenters. The Morgan fingerprint density at radius 1 is 1.28 bits per heavy atom. The molecule has 0 aromatic heterocycles. The summed E-state index contributed by atoms with van der Waals surface area (Å²) in [6, 6.07) is 9.33. The van der Waals surface area contributed by atoms with Crippen LogP contribution in [-0.4, -0.2) is 18.7 Å². The number of benzene rings is 1. The van der Waals surface area contributed by atoms with Crippen molar-refractivity contribution in [3.63, 3.8) is 0 Å². The maximum Gasteiger partial charge on any atom is 0.119 e. The molecule has 1 aliphatic carbocycles. The molecule has 0 spiro atoms. The van der Waals surface area contributed by atoms with E-state index in [0.717, 1.165) is 18.3 Å². The minimum atomic E-state index is 0.243. The lowest BCUT2D eigenvalue weighted by Gasteiger charge is -2.15. The molecule has 0 radical (unpaired) electrons. The van der Waals surface area contributed by atoms with Gasteiger partial charge in [0.05, 0.1) is 6.10 Å². The van der Waals surface area contributed by atoms with Crippen LogP contribution in [0.2, 0.25) is 0 Å². The smallest absolute Gasteiger partial charge is 0.119 e. The highest BCUT2D eigenvalue weighted by molar-refractivity contribution is 5.30. The minimum absolute atomic E-state index is 0.243. The number of hydrogen-bond acceptors (Lipinski definition) is 2. The van der Waals surface area contributed by atoms with Gasteiger partial charge < -0.3 is 10.1 Å². The molecule has 1 atom stereocenters. The highest BCUT2D eigenvalue weighted by Gasteiger charge is 2.20. The van der Waals surface area contributed by atoms with Crippen LogP contribution in [-0.2, 0) is 0 Å². The summed E-state index contributed by atoms with van der Waals surface area (Å²) in [5.41, 5.74) is 1.38. The summed E-state index contributed by atoms with van der Waals surface area (Å²) < 4.78 is 5.74. The first kappa shape index (κ1) is 13.4. The summed E-state index contributed by atoms with van der Waals surface area (Å²) in [5.74, 6) is 1.58. The van der Waals surface area contributed by atoms with Crippen LogP contribution in [0.25, 0.3) is 0 Å². The zero-order valence-corrected chi connectivity index (χ0v) is 11.8. The van der Waals surface area contributed by atoms with E-state index in [9.17, 15) is 0 Å². The number of ether oxygens (including phenoxy) is 1. The van der Waals surface area contributed by atoms with Gasteiger partial charge >= 0.3 is 0 Å². The zero-order chi connectivity index (χ0) is 13.0. The van der Waals surface area contributed by atoms with Gasteiger partial charge in [0.1, 0.15) is 5.75 Å². The Balaban J connectivity index is 1.85. The summed E-state index contributed by atoms with van der Waals surface area (Å²) in [6.07, 6.45) is 4.17. The molecule has 2 nitrogen and oxygen atoms in total. The molecule has 0 bridgehead atoms. The fourth-order valence-corrected chi connectivity index (χ4v) is 2.12. The van der Waals surface area contributed by atoms with E-state index < -0.39 is 0 Å². The Morgan fingerprint density at radius 2 is 2.06 bits per heavy atom. The van der Waals surface area contributed by atoms with E-state index in [0.29, 0.717) is 5.92 Å². The average Bonchev–Trinajstić information content (AvgIpc) is 3.12. The lowest BCUT2D eigenvalue weighted by atomic mass is 9.97. The Morgan fingerprint density at radius 3 is 2.72 bits per heavy atom. The van der Waals surface area contributed by atoms with Crippen LogP contribution in [0.4, 0.5) is 0 Å². The fraction of sp³-hybridized carbons (Fsp3) is 0.625. The van der Waals surface area contributed by atoms with Gasteiger partial charge in [-0.1, -0.05) is 19.1 Å².